The summed E-state index contributed by atoms with van der Waals surface area (Å²) in [5.41, 5.74) is 3.19. The van der Waals surface area contributed by atoms with E-state index in [-0.39, 0.29) is 23.8 Å². The number of benzene rings is 2. The van der Waals surface area contributed by atoms with Gasteiger partial charge in [-0.15, -0.1) is 0 Å². The van der Waals surface area contributed by atoms with Crippen LogP contribution in [-0.4, -0.2) is 48.8 Å². The first-order valence-corrected chi connectivity index (χ1v) is 10.9. The fourth-order valence-corrected chi connectivity index (χ4v) is 5.61. The number of nitrogens with zero attached hydrogens (tertiary/aromatic N) is 2. The van der Waals surface area contributed by atoms with Crippen LogP contribution >= 0.6 is 0 Å². The van der Waals surface area contributed by atoms with Gasteiger partial charge in [0.2, 0.25) is 15.9 Å². The largest absolute Gasteiger partial charge is 0.337 e. The minimum Gasteiger partial charge on any atom is -0.337 e. The predicted octanol–water partition coefficient (Wildman–Crippen LogP) is 2.68. The van der Waals surface area contributed by atoms with Crippen LogP contribution in [0.25, 0.3) is 0 Å². The molecular formula is C21H23FN2O3S. The van der Waals surface area contributed by atoms with Crippen molar-refractivity contribution >= 4 is 15.9 Å². The molecule has 2 aliphatic heterocycles. The highest BCUT2D eigenvalue weighted by Crippen LogP contribution is 2.30. The quantitative estimate of drug-likeness (QED) is 0.793. The SMILES string of the molecule is Cc1ccc(S(=O)(=O)N2CC(F)CC2C(=O)N2CCc3ccccc3C2)cc1. The Morgan fingerprint density at radius 3 is 2.46 bits per heavy atom. The Morgan fingerprint density at radius 2 is 1.75 bits per heavy atom. The number of alkyl halides is 1. The summed E-state index contributed by atoms with van der Waals surface area (Å²) in [6.07, 6.45) is -0.716. The lowest BCUT2D eigenvalue weighted by molar-refractivity contribution is -0.135. The first kappa shape index (κ1) is 19.1. The van der Waals surface area contributed by atoms with Crippen molar-refractivity contribution < 1.29 is 17.6 Å². The van der Waals surface area contributed by atoms with Crippen molar-refractivity contribution in [3.8, 4) is 0 Å². The average molecular weight is 402 g/mol. The maximum atomic E-state index is 14.2. The van der Waals surface area contributed by atoms with Crippen LogP contribution in [0.2, 0.25) is 0 Å². The molecule has 2 aromatic carbocycles. The van der Waals surface area contributed by atoms with Crippen LogP contribution in [0.5, 0.6) is 0 Å². The molecule has 2 unspecified atom stereocenters. The Labute approximate surface area is 164 Å². The molecule has 4 rings (SSSR count). The fraction of sp³-hybridized carbons (Fsp3) is 0.381. The van der Waals surface area contributed by atoms with Crippen LogP contribution in [0.3, 0.4) is 0 Å². The second-order valence-electron chi connectivity index (χ2n) is 7.52. The summed E-state index contributed by atoms with van der Waals surface area (Å²) in [7, 11) is -3.94. The standard InChI is InChI=1S/C21H23FN2O3S/c1-15-6-8-19(9-7-15)28(26,27)24-14-18(22)12-20(24)21(25)23-11-10-16-4-2-3-5-17(16)13-23/h2-9,18,20H,10-14H2,1H3. The normalized spacial score (nSPS) is 22.9. The van der Waals surface area contributed by atoms with E-state index in [1.165, 1.54) is 17.7 Å². The minimum atomic E-state index is -3.94. The predicted molar refractivity (Wildman–Crippen MR) is 104 cm³/mol. The number of rotatable bonds is 3. The molecule has 2 heterocycles. The molecule has 0 aliphatic carbocycles. The molecule has 0 radical (unpaired) electrons. The van der Waals surface area contributed by atoms with Crippen LogP contribution in [0, 0.1) is 6.92 Å². The number of hydrogen-bond acceptors (Lipinski definition) is 3. The molecule has 0 aromatic heterocycles. The minimum absolute atomic E-state index is 0.0917. The maximum Gasteiger partial charge on any atom is 0.243 e. The lowest BCUT2D eigenvalue weighted by Crippen LogP contribution is -2.49. The first-order chi connectivity index (χ1) is 13.4. The molecule has 1 saturated heterocycles. The van der Waals surface area contributed by atoms with Gasteiger partial charge in [0.05, 0.1) is 4.90 Å². The van der Waals surface area contributed by atoms with E-state index in [0.717, 1.165) is 21.9 Å². The molecule has 5 nitrogen and oxygen atoms in total. The lowest BCUT2D eigenvalue weighted by atomic mass is 9.99. The molecule has 0 N–H and O–H groups in total. The summed E-state index contributed by atoms with van der Waals surface area (Å²) in [4.78, 5) is 14.9. The van der Waals surface area contributed by atoms with Crippen molar-refractivity contribution in [2.45, 2.75) is 43.4 Å². The number of hydrogen-bond donors (Lipinski definition) is 0. The first-order valence-electron chi connectivity index (χ1n) is 9.44. The van der Waals surface area contributed by atoms with Crippen LogP contribution in [0.15, 0.2) is 53.4 Å². The third-order valence-electron chi connectivity index (χ3n) is 5.56. The summed E-state index contributed by atoms with van der Waals surface area (Å²) >= 11 is 0. The van der Waals surface area contributed by atoms with E-state index in [4.69, 9.17) is 0 Å². The van der Waals surface area contributed by atoms with Crippen molar-refractivity contribution in [3.05, 3.63) is 65.2 Å². The monoisotopic (exact) mass is 402 g/mol. The van der Waals surface area contributed by atoms with E-state index in [2.05, 4.69) is 0 Å². The molecule has 28 heavy (non-hydrogen) atoms. The molecule has 0 spiro atoms. The van der Waals surface area contributed by atoms with Crippen molar-refractivity contribution in [2.75, 3.05) is 13.1 Å². The Balaban J connectivity index is 1.59. The fourth-order valence-electron chi connectivity index (χ4n) is 3.99. The molecule has 0 bridgehead atoms. The van der Waals surface area contributed by atoms with E-state index >= 15 is 0 Å². The lowest BCUT2D eigenvalue weighted by Gasteiger charge is -2.33. The number of fused-ring (bicyclic) bond motifs is 1. The Hall–Kier alpha value is -2.25. The van der Waals surface area contributed by atoms with Crippen molar-refractivity contribution in [1.29, 1.82) is 0 Å². The highest BCUT2D eigenvalue weighted by molar-refractivity contribution is 7.89. The molecule has 2 aliphatic rings. The van der Waals surface area contributed by atoms with Gasteiger partial charge in [-0.3, -0.25) is 4.79 Å². The molecule has 7 heteroatoms. The molecule has 0 saturated carbocycles. The maximum absolute atomic E-state index is 14.2. The summed E-state index contributed by atoms with van der Waals surface area (Å²) in [5.74, 6) is -0.315. The van der Waals surface area contributed by atoms with E-state index in [9.17, 15) is 17.6 Å². The summed E-state index contributed by atoms with van der Waals surface area (Å²) < 4.78 is 41.4. The van der Waals surface area contributed by atoms with Crippen molar-refractivity contribution in [3.63, 3.8) is 0 Å². The van der Waals surface area contributed by atoms with Gasteiger partial charge in [0.15, 0.2) is 0 Å². The van der Waals surface area contributed by atoms with Gasteiger partial charge < -0.3 is 4.90 Å². The zero-order valence-corrected chi connectivity index (χ0v) is 16.5. The van der Waals surface area contributed by atoms with E-state index in [1.54, 1.807) is 17.0 Å². The van der Waals surface area contributed by atoms with Gasteiger partial charge in [-0.1, -0.05) is 42.0 Å². The molecule has 1 fully saturated rings. The van der Waals surface area contributed by atoms with Gasteiger partial charge in [-0.2, -0.15) is 4.31 Å². The second-order valence-corrected chi connectivity index (χ2v) is 9.41. The second kappa shape index (κ2) is 7.29. The third kappa shape index (κ3) is 3.44. The van der Waals surface area contributed by atoms with Gasteiger partial charge in [0.25, 0.3) is 0 Å². The van der Waals surface area contributed by atoms with Crippen LogP contribution in [0.1, 0.15) is 23.1 Å². The number of amides is 1. The third-order valence-corrected chi connectivity index (χ3v) is 7.45. The van der Waals surface area contributed by atoms with E-state index in [0.29, 0.717) is 13.1 Å². The Kier molecular flexibility index (Phi) is 4.97. The molecular weight excluding hydrogens is 379 g/mol. The number of aryl methyl sites for hydroxylation is 1. The number of halogens is 1. The number of sulfonamides is 1. The van der Waals surface area contributed by atoms with Crippen molar-refractivity contribution in [2.24, 2.45) is 0 Å². The summed E-state index contributed by atoms with van der Waals surface area (Å²) in [5, 5.41) is 0. The van der Waals surface area contributed by atoms with Crippen LogP contribution in [-0.2, 0) is 27.8 Å². The highest BCUT2D eigenvalue weighted by atomic mass is 32.2. The van der Waals surface area contributed by atoms with Gasteiger partial charge >= 0.3 is 0 Å². The molecule has 148 valence electrons. The Bertz CT molecular complexity index is 991. The average Bonchev–Trinajstić information content (AvgIpc) is 3.10. The molecule has 2 aromatic rings. The van der Waals surface area contributed by atoms with Gasteiger partial charge in [-0.25, -0.2) is 12.8 Å². The molecule has 1 amide bonds. The number of carbonyl (C=O) groups excluding carboxylic acids is 1. The van der Waals surface area contributed by atoms with Crippen LogP contribution in [0.4, 0.5) is 4.39 Å². The van der Waals surface area contributed by atoms with Gasteiger partial charge in [-0.05, 0) is 36.6 Å². The number of carbonyl (C=O) groups is 1. The zero-order valence-electron chi connectivity index (χ0n) is 15.7. The van der Waals surface area contributed by atoms with Gasteiger partial charge in [0, 0.05) is 26.1 Å². The Morgan fingerprint density at radius 1 is 1.07 bits per heavy atom. The van der Waals surface area contributed by atoms with E-state index < -0.39 is 22.2 Å². The van der Waals surface area contributed by atoms with E-state index in [1.807, 2.05) is 31.2 Å². The highest BCUT2D eigenvalue weighted by Gasteiger charge is 2.45. The smallest absolute Gasteiger partial charge is 0.243 e. The van der Waals surface area contributed by atoms with Crippen molar-refractivity contribution in [1.82, 2.24) is 9.21 Å². The van der Waals surface area contributed by atoms with Crippen LogP contribution < -0.4 is 0 Å². The zero-order chi connectivity index (χ0) is 19.9. The summed E-state index contributed by atoms with van der Waals surface area (Å²) in [6, 6.07) is 13.3. The van der Waals surface area contributed by atoms with Gasteiger partial charge in [0.1, 0.15) is 12.2 Å². The molecule has 2 atom stereocenters. The topological polar surface area (TPSA) is 57.7 Å². The summed E-state index contributed by atoms with van der Waals surface area (Å²) in [6.45, 7) is 2.53.